The van der Waals surface area contributed by atoms with Gasteiger partial charge in [0.15, 0.2) is 0 Å². The molecule has 0 aliphatic carbocycles. The van der Waals surface area contributed by atoms with E-state index in [4.69, 9.17) is 16.3 Å². The fourth-order valence-corrected chi connectivity index (χ4v) is 1.44. The van der Waals surface area contributed by atoms with Crippen molar-refractivity contribution >= 4 is 17.5 Å². The SMILES string of the molecule is CC(C)Oc1ccc(C(=O)NC(C)(C)CCl)cc1. The third-order valence-electron chi connectivity index (χ3n) is 2.27. The minimum Gasteiger partial charge on any atom is -0.491 e. The summed E-state index contributed by atoms with van der Waals surface area (Å²) < 4.78 is 5.52. The van der Waals surface area contributed by atoms with Crippen molar-refractivity contribution in [3.8, 4) is 5.75 Å². The topological polar surface area (TPSA) is 38.3 Å². The summed E-state index contributed by atoms with van der Waals surface area (Å²) in [5.41, 5.74) is 0.190. The lowest BCUT2D eigenvalue weighted by molar-refractivity contribution is 0.0920. The van der Waals surface area contributed by atoms with E-state index in [2.05, 4.69) is 5.32 Å². The van der Waals surface area contributed by atoms with Crippen LogP contribution in [-0.2, 0) is 0 Å². The van der Waals surface area contributed by atoms with Crippen molar-refractivity contribution in [1.29, 1.82) is 0 Å². The quantitative estimate of drug-likeness (QED) is 0.834. The molecular formula is C14H20ClNO2. The highest BCUT2D eigenvalue weighted by molar-refractivity contribution is 6.18. The molecule has 18 heavy (non-hydrogen) atoms. The molecule has 0 atom stereocenters. The molecule has 3 nitrogen and oxygen atoms in total. The van der Waals surface area contributed by atoms with Crippen LogP contribution in [0, 0.1) is 0 Å². The van der Waals surface area contributed by atoms with Crippen LogP contribution in [0.4, 0.5) is 0 Å². The maximum atomic E-state index is 11.9. The highest BCUT2D eigenvalue weighted by Gasteiger charge is 2.19. The smallest absolute Gasteiger partial charge is 0.251 e. The van der Waals surface area contributed by atoms with E-state index in [1.54, 1.807) is 24.3 Å². The number of benzene rings is 1. The zero-order valence-electron chi connectivity index (χ0n) is 11.3. The molecule has 4 heteroatoms. The molecule has 0 radical (unpaired) electrons. The standard InChI is InChI=1S/C14H20ClNO2/c1-10(2)18-12-7-5-11(6-8-12)13(17)16-14(3,4)9-15/h5-8,10H,9H2,1-4H3,(H,16,17). The van der Waals surface area contributed by atoms with Gasteiger partial charge in [-0.3, -0.25) is 4.79 Å². The summed E-state index contributed by atoms with van der Waals surface area (Å²) in [5.74, 6) is 1.00. The van der Waals surface area contributed by atoms with E-state index in [0.717, 1.165) is 5.75 Å². The Morgan fingerprint density at radius 3 is 2.33 bits per heavy atom. The van der Waals surface area contributed by atoms with Crippen molar-refractivity contribution in [3.05, 3.63) is 29.8 Å². The van der Waals surface area contributed by atoms with E-state index < -0.39 is 5.54 Å². The van der Waals surface area contributed by atoms with Crippen molar-refractivity contribution in [2.45, 2.75) is 39.3 Å². The van der Waals surface area contributed by atoms with Crippen LogP contribution in [0.2, 0.25) is 0 Å². The van der Waals surface area contributed by atoms with Crippen molar-refractivity contribution in [1.82, 2.24) is 5.32 Å². The van der Waals surface area contributed by atoms with Crippen molar-refractivity contribution in [3.63, 3.8) is 0 Å². The molecule has 0 saturated heterocycles. The van der Waals surface area contributed by atoms with Gasteiger partial charge < -0.3 is 10.1 Å². The summed E-state index contributed by atoms with van der Waals surface area (Å²) in [7, 11) is 0. The average molecular weight is 270 g/mol. The fourth-order valence-electron chi connectivity index (χ4n) is 1.37. The van der Waals surface area contributed by atoms with Gasteiger partial charge in [0.25, 0.3) is 5.91 Å². The normalized spacial score (nSPS) is 11.4. The Labute approximate surface area is 113 Å². The van der Waals surface area contributed by atoms with Gasteiger partial charge in [-0.2, -0.15) is 0 Å². The number of alkyl halides is 1. The van der Waals surface area contributed by atoms with Crippen molar-refractivity contribution in [2.75, 3.05) is 5.88 Å². The number of carbonyl (C=O) groups is 1. The zero-order chi connectivity index (χ0) is 13.8. The van der Waals surface area contributed by atoms with Crippen LogP contribution >= 0.6 is 11.6 Å². The van der Waals surface area contributed by atoms with E-state index in [0.29, 0.717) is 11.4 Å². The third-order valence-corrected chi connectivity index (χ3v) is 2.94. The average Bonchev–Trinajstić information content (AvgIpc) is 2.28. The Kier molecular flexibility index (Phi) is 5.03. The maximum absolute atomic E-state index is 11.9. The first-order valence-electron chi connectivity index (χ1n) is 5.99. The highest BCUT2D eigenvalue weighted by Crippen LogP contribution is 2.14. The molecule has 1 aromatic carbocycles. The predicted octanol–water partition coefficient (Wildman–Crippen LogP) is 3.22. The lowest BCUT2D eigenvalue weighted by atomic mass is 10.1. The third kappa shape index (κ3) is 4.57. The summed E-state index contributed by atoms with van der Waals surface area (Å²) in [6.07, 6.45) is 0.125. The fraction of sp³-hybridized carbons (Fsp3) is 0.500. The second-order valence-corrected chi connectivity index (χ2v) is 5.43. The van der Waals surface area contributed by atoms with Gasteiger partial charge in [0.1, 0.15) is 5.75 Å². The van der Waals surface area contributed by atoms with Crippen molar-refractivity contribution < 1.29 is 9.53 Å². The Hall–Kier alpha value is -1.22. The Balaban J connectivity index is 2.70. The number of rotatable bonds is 5. The second kappa shape index (κ2) is 6.10. The minimum absolute atomic E-state index is 0.125. The lowest BCUT2D eigenvalue weighted by Crippen LogP contribution is -2.44. The van der Waals surface area contributed by atoms with Crippen LogP contribution in [0.15, 0.2) is 24.3 Å². The Morgan fingerprint density at radius 2 is 1.89 bits per heavy atom. The van der Waals surface area contributed by atoms with E-state index in [1.165, 1.54) is 0 Å². The highest BCUT2D eigenvalue weighted by atomic mass is 35.5. The number of halogens is 1. The number of amides is 1. The zero-order valence-corrected chi connectivity index (χ0v) is 12.0. The van der Waals surface area contributed by atoms with Gasteiger partial charge >= 0.3 is 0 Å². The molecule has 0 aromatic heterocycles. The minimum atomic E-state index is -0.411. The molecule has 0 spiro atoms. The molecular weight excluding hydrogens is 250 g/mol. The van der Waals surface area contributed by atoms with Crippen molar-refractivity contribution in [2.24, 2.45) is 0 Å². The molecule has 1 amide bonds. The van der Waals surface area contributed by atoms with E-state index in [-0.39, 0.29) is 12.0 Å². The van der Waals surface area contributed by atoms with Gasteiger partial charge in [0.2, 0.25) is 0 Å². The van der Waals surface area contributed by atoms with Crippen LogP contribution in [0.25, 0.3) is 0 Å². The molecule has 1 rings (SSSR count). The van der Waals surface area contributed by atoms with Gasteiger partial charge in [-0.25, -0.2) is 0 Å². The second-order valence-electron chi connectivity index (χ2n) is 5.16. The first-order chi connectivity index (χ1) is 8.34. The predicted molar refractivity (Wildman–Crippen MR) is 74.5 cm³/mol. The van der Waals surface area contributed by atoms with E-state index in [9.17, 15) is 4.79 Å². The number of ether oxygens (including phenoxy) is 1. The van der Waals surface area contributed by atoms with E-state index in [1.807, 2.05) is 27.7 Å². The van der Waals surface area contributed by atoms with Gasteiger partial charge in [-0.1, -0.05) is 0 Å². The number of carbonyl (C=O) groups excluding carboxylic acids is 1. The number of nitrogens with one attached hydrogen (secondary N) is 1. The molecule has 0 aliphatic rings. The first-order valence-corrected chi connectivity index (χ1v) is 6.53. The van der Waals surface area contributed by atoms with E-state index >= 15 is 0 Å². The molecule has 0 fully saturated rings. The molecule has 1 aromatic rings. The molecule has 0 bridgehead atoms. The summed E-state index contributed by atoms with van der Waals surface area (Å²) in [6, 6.07) is 7.08. The van der Waals surface area contributed by atoms with Crippen LogP contribution in [0.3, 0.4) is 0 Å². The lowest BCUT2D eigenvalue weighted by Gasteiger charge is -2.23. The summed E-state index contributed by atoms with van der Waals surface area (Å²) in [4.78, 5) is 11.9. The monoisotopic (exact) mass is 269 g/mol. The molecule has 0 saturated carbocycles. The Bertz CT molecular complexity index is 399. The number of hydrogen-bond donors (Lipinski definition) is 1. The van der Waals surface area contributed by atoms with Gasteiger partial charge in [-0.05, 0) is 52.0 Å². The van der Waals surface area contributed by atoms with Crippen LogP contribution < -0.4 is 10.1 Å². The van der Waals surface area contributed by atoms with Gasteiger partial charge in [0, 0.05) is 17.0 Å². The van der Waals surface area contributed by atoms with Gasteiger partial charge in [0.05, 0.1) is 6.10 Å². The molecule has 1 N–H and O–H groups in total. The number of hydrogen-bond acceptors (Lipinski definition) is 2. The largest absolute Gasteiger partial charge is 0.491 e. The Morgan fingerprint density at radius 1 is 1.33 bits per heavy atom. The van der Waals surface area contributed by atoms with Crippen LogP contribution in [-0.4, -0.2) is 23.4 Å². The molecule has 100 valence electrons. The summed E-state index contributed by atoms with van der Waals surface area (Å²) >= 11 is 5.77. The molecule has 0 unspecified atom stereocenters. The molecule has 0 heterocycles. The first kappa shape index (κ1) is 14.8. The molecule has 0 aliphatic heterocycles. The summed E-state index contributed by atoms with van der Waals surface area (Å²) in [5, 5.41) is 2.87. The van der Waals surface area contributed by atoms with Crippen LogP contribution in [0.1, 0.15) is 38.1 Å². The van der Waals surface area contributed by atoms with Gasteiger partial charge in [-0.15, -0.1) is 11.6 Å². The summed E-state index contributed by atoms with van der Waals surface area (Å²) in [6.45, 7) is 7.69. The van der Waals surface area contributed by atoms with Crippen LogP contribution in [0.5, 0.6) is 5.75 Å². The maximum Gasteiger partial charge on any atom is 0.251 e.